The Morgan fingerprint density at radius 2 is 1.97 bits per heavy atom. The number of imide groups is 1. The van der Waals surface area contributed by atoms with Gasteiger partial charge < -0.3 is 10.1 Å². The first-order chi connectivity index (χ1) is 15.0. The number of ether oxygens (including phenoxy) is 1. The molecule has 158 valence electrons. The van der Waals surface area contributed by atoms with Crippen LogP contribution in [-0.4, -0.2) is 47.5 Å². The van der Waals surface area contributed by atoms with E-state index >= 15 is 0 Å². The second-order valence-corrected chi connectivity index (χ2v) is 7.66. The molecule has 2 aromatic carbocycles. The van der Waals surface area contributed by atoms with E-state index in [1.165, 1.54) is 0 Å². The Morgan fingerprint density at radius 3 is 2.71 bits per heavy atom. The summed E-state index contributed by atoms with van der Waals surface area (Å²) in [4.78, 5) is 50.0. The highest BCUT2D eigenvalue weighted by Crippen LogP contribution is 2.24. The normalized spacial score (nSPS) is 12.9. The second kappa shape index (κ2) is 10.4. The van der Waals surface area contributed by atoms with Gasteiger partial charge in [0.25, 0.3) is 5.91 Å². The molecule has 0 saturated carbocycles. The Morgan fingerprint density at radius 1 is 1.16 bits per heavy atom. The van der Waals surface area contributed by atoms with E-state index in [9.17, 15) is 19.2 Å². The molecule has 1 aliphatic rings. The van der Waals surface area contributed by atoms with Crippen molar-refractivity contribution in [2.45, 2.75) is 17.7 Å². The molecule has 31 heavy (non-hydrogen) atoms. The molecule has 3 rings (SSSR count). The van der Waals surface area contributed by atoms with Gasteiger partial charge in [-0.2, -0.15) is 5.26 Å². The quantitative estimate of drug-likeness (QED) is 0.523. The van der Waals surface area contributed by atoms with E-state index in [1.54, 1.807) is 48.5 Å². The third-order valence-corrected chi connectivity index (χ3v) is 5.52. The average Bonchev–Trinajstić information content (AvgIpc) is 3.22. The lowest BCUT2D eigenvalue weighted by Crippen LogP contribution is -2.35. The first kappa shape index (κ1) is 22.1. The summed E-state index contributed by atoms with van der Waals surface area (Å²) in [5, 5.41) is 11.6. The van der Waals surface area contributed by atoms with Gasteiger partial charge in [0.15, 0.2) is 6.61 Å². The molecule has 0 radical (unpaired) electrons. The minimum absolute atomic E-state index is 0.0300. The lowest BCUT2D eigenvalue weighted by molar-refractivity contribution is -0.143. The van der Waals surface area contributed by atoms with E-state index in [0.717, 1.165) is 16.7 Å². The van der Waals surface area contributed by atoms with Crippen molar-refractivity contribution in [1.82, 2.24) is 4.90 Å². The number of hydrogen-bond acceptors (Lipinski definition) is 7. The van der Waals surface area contributed by atoms with Gasteiger partial charge in [-0.1, -0.05) is 18.2 Å². The van der Waals surface area contributed by atoms with Crippen molar-refractivity contribution in [3.8, 4) is 6.07 Å². The summed E-state index contributed by atoms with van der Waals surface area (Å²) in [6, 6.07) is 15.2. The van der Waals surface area contributed by atoms with Gasteiger partial charge in [-0.3, -0.25) is 19.3 Å². The average molecular weight is 437 g/mol. The number of carbonyl (C=O) groups excluding carboxylic acids is 4. The number of thioether (sulfide) groups is 1. The lowest BCUT2D eigenvalue weighted by Gasteiger charge is -2.14. The van der Waals surface area contributed by atoms with Crippen molar-refractivity contribution in [3.63, 3.8) is 0 Å². The molecule has 1 fully saturated rings. The summed E-state index contributed by atoms with van der Waals surface area (Å²) >= 11 is 1.15. The van der Waals surface area contributed by atoms with Gasteiger partial charge in [0, 0.05) is 23.5 Å². The van der Waals surface area contributed by atoms with E-state index in [0.29, 0.717) is 35.5 Å². The lowest BCUT2D eigenvalue weighted by atomic mass is 10.2. The molecule has 3 amide bonds. The molecule has 0 aliphatic carbocycles. The molecule has 8 nitrogen and oxygen atoms in total. The predicted molar refractivity (Wildman–Crippen MR) is 113 cm³/mol. The summed E-state index contributed by atoms with van der Waals surface area (Å²) < 4.78 is 5.09. The van der Waals surface area contributed by atoms with Crippen LogP contribution in [0.25, 0.3) is 0 Å². The third kappa shape index (κ3) is 5.93. The molecule has 0 bridgehead atoms. The maximum Gasteiger partial charge on any atom is 0.339 e. The zero-order chi connectivity index (χ0) is 22.2. The Labute approximate surface area is 183 Å². The zero-order valence-electron chi connectivity index (χ0n) is 16.5. The number of hydrogen-bond donors (Lipinski definition) is 1. The number of carbonyl (C=O) groups is 4. The minimum atomic E-state index is -0.703. The molecule has 0 atom stereocenters. The summed E-state index contributed by atoms with van der Waals surface area (Å²) in [6.07, 6.45) is 0.933. The van der Waals surface area contributed by atoms with Crippen LogP contribution in [0.4, 0.5) is 5.69 Å². The van der Waals surface area contributed by atoms with Crippen molar-refractivity contribution in [1.29, 1.82) is 5.26 Å². The van der Waals surface area contributed by atoms with Crippen LogP contribution in [-0.2, 0) is 19.1 Å². The Kier molecular flexibility index (Phi) is 7.40. The molecule has 1 saturated heterocycles. The van der Waals surface area contributed by atoms with E-state index in [-0.39, 0.29) is 23.1 Å². The molecular formula is C22H19N3O5S. The van der Waals surface area contributed by atoms with Gasteiger partial charge in [-0.05, 0) is 36.8 Å². The standard InChI is InChI=1S/C22H19N3O5S/c23-12-15-5-3-6-16(11-15)24-19(26)14-31-18-8-2-1-7-17(18)22(29)30-13-21(28)25-10-4-9-20(25)27/h1-3,5-8,11H,4,9-10,13-14H2,(H,24,26). The number of nitrogens with one attached hydrogen (secondary N) is 1. The number of nitriles is 1. The SMILES string of the molecule is N#Cc1cccc(NC(=O)CSc2ccccc2C(=O)OCC(=O)N2CCCC2=O)c1. The molecule has 1 heterocycles. The van der Waals surface area contributed by atoms with Gasteiger partial charge in [0.2, 0.25) is 11.8 Å². The molecule has 0 unspecified atom stereocenters. The maximum absolute atomic E-state index is 12.5. The van der Waals surface area contributed by atoms with E-state index < -0.39 is 18.5 Å². The number of nitrogens with zero attached hydrogens (tertiary/aromatic N) is 2. The number of rotatable bonds is 7. The molecule has 9 heteroatoms. The van der Waals surface area contributed by atoms with Crippen LogP contribution >= 0.6 is 11.8 Å². The molecular weight excluding hydrogens is 418 g/mol. The second-order valence-electron chi connectivity index (χ2n) is 6.64. The molecule has 2 aromatic rings. The fourth-order valence-corrected chi connectivity index (χ4v) is 3.80. The maximum atomic E-state index is 12.5. The van der Waals surface area contributed by atoms with Crippen LogP contribution < -0.4 is 5.32 Å². The summed E-state index contributed by atoms with van der Waals surface area (Å²) in [7, 11) is 0. The number of anilines is 1. The van der Waals surface area contributed by atoms with Gasteiger partial charge in [-0.25, -0.2) is 4.79 Å². The third-order valence-electron chi connectivity index (χ3n) is 4.44. The highest BCUT2D eigenvalue weighted by Gasteiger charge is 2.27. The highest BCUT2D eigenvalue weighted by atomic mass is 32.2. The van der Waals surface area contributed by atoms with Crippen LogP contribution in [0, 0.1) is 11.3 Å². The minimum Gasteiger partial charge on any atom is -0.452 e. The van der Waals surface area contributed by atoms with Crippen molar-refractivity contribution >= 4 is 41.1 Å². The molecule has 0 spiro atoms. The van der Waals surface area contributed by atoms with Crippen LogP contribution in [0.3, 0.4) is 0 Å². The number of amides is 3. The topological polar surface area (TPSA) is 117 Å². The summed E-state index contributed by atoms with van der Waals surface area (Å²) in [5.74, 6) is -1.78. The molecule has 1 N–H and O–H groups in total. The zero-order valence-corrected chi connectivity index (χ0v) is 17.3. The first-order valence-electron chi connectivity index (χ1n) is 9.50. The highest BCUT2D eigenvalue weighted by molar-refractivity contribution is 8.00. The van der Waals surface area contributed by atoms with Crippen LogP contribution in [0.1, 0.15) is 28.8 Å². The van der Waals surface area contributed by atoms with Gasteiger partial charge in [-0.15, -0.1) is 11.8 Å². The Bertz CT molecular complexity index is 1060. The number of benzene rings is 2. The van der Waals surface area contributed by atoms with E-state index in [4.69, 9.17) is 10.00 Å². The van der Waals surface area contributed by atoms with Gasteiger partial charge in [0.1, 0.15) is 0 Å². The molecule has 0 aromatic heterocycles. The fourth-order valence-electron chi connectivity index (χ4n) is 2.96. The van der Waals surface area contributed by atoms with Crippen LogP contribution in [0.5, 0.6) is 0 Å². The number of esters is 1. The van der Waals surface area contributed by atoms with E-state index in [1.807, 2.05) is 6.07 Å². The van der Waals surface area contributed by atoms with Crippen molar-refractivity contribution in [3.05, 3.63) is 59.7 Å². The smallest absolute Gasteiger partial charge is 0.339 e. The largest absolute Gasteiger partial charge is 0.452 e. The summed E-state index contributed by atoms with van der Waals surface area (Å²) in [5.41, 5.74) is 1.17. The van der Waals surface area contributed by atoms with Gasteiger partial charge >= 0.3 is 5.97 Å². The Hall–Kier alpha value is -3.64. The molecule has 1 aliphatic heterocycles. The van der Waals surface area contributed by atoms with Crippen LogP contribution in [0.15, 0.2) is 53.4 Å². The van der Waals surface area contributed by atoms with Crippen molar-refractivity contribution < 1.29 is 23.9 Å². The monoisotopic (exact) mass is 437 g/mol. The van der Waals surface area contributed by atoms with Crippen molar-refractivity contribution in [2.75, 3.05) is 24.2 Å². The Balaban J connectivity index is 1.56. The summed E-state index contributed by atoms with van der Waals surface area (Å²) in [6.45, 7) is -0.173. The number of likely N-dealkylation sites (tertiary alicyclic amines) is 1. The van der Waals surface area contributed by atoms with Gasteiger partial charge in [0.05, 0.1) is 22.9 Å². The fraction of sp³-hybridized carbons (Fsp3) is 0.227. The predicted octanol–water partition coefficient (Wildman–Crippen LogP) is 2.59. The first-order valence-corrected chi connectivity index (χ1v) is 10.5. The van der Waals surface area contributed by atoms with E-state index in [2.05, 4.69) is 5.32 Å². The van der Waals surface area contributed by atoms with Crippen LogP contribution in [0.2, 0.25) is 0 Å². The van der Waals surface area contributed by atoms with Crippen molar-refractivity contribution in [2.24, 2.45) is 0 Å².